The van der Waals surface area contributed by atoms with Crippen molar-refractivity contribution >= 4 is 5.97 Å². The van der Waals surface area contributed by atoms with Gasteiger partial charge in [-0.1, -0.05) is 130 Å². The van der Waals surface area contributed by atoms with Crippen LogP contribution in [0.4, 0.5) is 0 Å². The van der Waals surface area contributed by atoms with E-state index in [4.69, 9.17) is 4.74 Å². The van der Waals surface area contributed by atoms with Crippen LogP contribution in [-0.2, 0) is 9.53 Å². The van der Waals surface area contributed by atoms with E-state index >= 15 is 0 Å². The lowest BCUT2D eigenvalue weighted by molar-refractivity contribution is -0.143. The standard InChI is InChI=1S/C26H52O2/c1-4-5-6-7-8-9-12-15-18-21-24-28-26(27)23-20-17-14-11-10-13-16-19-22-25(2)3/h25H,4-24H2,1-3H3. The molecule has 0 aliphatic carbocycles. The lowest BCUT2D eigenvalue weighted by atomic mass is 10.0. The molecule has 0 aromatic heterocycles. The SMILES string of the molecule is CCCCCCCCCCCCOC(=O)CCCCCCCCCCC(C)C. The first kappa shape index (κ1) is 27.5. The van der Waals surface area contributed by atoms with Gasteiger partial charge in [0.25, 0.3) is 0 Å². The predicted octanol–water partition coefficient (Wildman–Crippen LogP) is 9.01. The van der Waals surface area contributed by atoms with Crippen molar-refractivity contribution in [3.63, 3.8) is 0 Å². The van der Waals surface area contributed by atoms with Crippen molar-refractivity contribution in [2.45, 2.75) is 149 Å². The first-order valence-corrected chi connectivity index (χ1v) is 12.8. The second-order valence-electron chi connectivity index (χ2n) is 9.16. The Morgan fingerprint density at radius 1 is 0.607 bits per heavy atom. The summed E-state index contributed by atoms with van der Waals surface area (Å²) in [6.45, 7) is 7.51. The number of hydrogen-bond acceptors (Lipinski definition) is 2. The van der Waals surface area contributed by atoms with Gasteiger partial charge in [0.15, 0.2) is 0 Å². The Morgan fingerprint density at radius 3 is 1.54 bits per heavy atom. The van der Waals surface area contributed by atoms with E-state index in [-0.39, 0.29) is 5.97 Å². The highest BCUT2D eigenvalue weighted by Gasteiger charge is 2.02. The fraction of sp³-hybridized carbons (Fsp3) is 0.962. The van der Waals surface area contributed by atoms with Gasteiger partial charge in [0.1, 0.15) is 0 Å². The van der Waals surface area contributed by atoms with Crippen LogP contribution >= 0.6 is 0 Å². The molecule has 0 aromatic carbocycles. The average Bonchev–Trinajstić information content (AvgIpc) is 2.67. The number of ether oxygens (including phenoxy) is 1. The summed E-state index contributed by atoms with van der Waals surface area (Å²) in [4.78, 5) is 11.7. The number of hydrogen-bond donors (Lipinski definition) is 0. The Morgan fingerprint density at radius 2 is 1.04 bits per heavy atom. The second kappa shape index (κ2) is 22.8. The Balaban J connectivity index is 3.15. The van der Waals surface area contributed by atoms with Crippen molar-refractivity contribution in [3.8, 4) is 0 Å². The molecule has 0 spiro atoms. The fourth-order valence-corrected chi connectivity index (χ4v) is 3.73. The average molecular weight is 397 g/mol. The van der Waals surface area contributed by atoms with Crippen LogP contribution < -0.4 is 0 Å². The second-order valence-corrected chi connectivity index (χ2v) is 9.16. The molecule has 0 N–H and O–H groups in total. The lowest BCUT2D eigenvalue weighted by Gasteiger charge is -2.06. The largest absolute Gasteiger partial charge is 0.466 e. The minimum atomic E-state index is 0.0182. The molecule has 168 valence electrons. The maximum absolute atomic E-state index is 11.7. The maximum Gasteiger partial charge on any atom is 0.305 e. The van der Waals surface area contributed by atoms with E-state index < -0.39 is 0 Å². The lowest BCUT2D eigenvalue weighted by Crippen LogP contribution is -2.05. The molecule has 0 aliphatic heterocycles. The van der Waals surface area contributed by atoms with Crippen LogP contribution in [0.1, 0.15) is 149 Å². The van der Waals surface area contributed by atoms with Crippen molar-refractivity contribution < 1.29 is 9.53 Å². The summed E-state index contributed by atoms with van der Waals surface area (Å²) in [7, 11) is 0. The number of carbonyl (C=O) groups excluding carboxylic acids is 1. The quantitative estimate of drug-likeness (QED) is 0.135. The topological polar surface area (TPSA) is 26.3 Å². The molecule has 0 unspecified atom stereocenters. The number of unbranched alkanes of at least 4 members (excludes halogenated alkanes) is 16. The fourth-order valence-electron chi connectivity index (χ4n) is 3.73. The van der Waals surface area contributed by atoms with Crippen molar-refractivity contribution in [3.05, 3.63) is 0 Å². The Bertz CT molecular complexity index is 312. The summed E-state index contributed by atoms with van der Waals surface area (Å²) >= 11 is 0. The number of rotatable bonds is 22. The third-order valence-corrected chi connectivity index (χ3v) is 5.67. The van der Waals surface area contributed by atoms with Gasteiger partial charge in [0, 0.05) is 6.42 Å². The van der Waals surface area contributed by atoms with Crippen LogP contribution in [0.5, 0.6) is 0 Å². The summed E-state index contributed by atoms with van der Waals surface area (Å²) in [6.07, 6.45) is 25.5. The van der Waals surface area contributed by atoms with Crippen LogP contribution in [0.2, 0.25) is 0 Å². The Hall–Kier alpha value is -0.530. The van der Waals surface area contributed by atoms with Gasteiger partial charge in [0.2, 0.25) is 0 Å². The molecule has 0 aromatic rings. The van der Waals surface area contributed by atoms with E-state index in [1.807, 2.05) is 0 Å². The zero-order valence-electron chi connectivity index (χ0n) is 19.7. The highest BCUT2D eigenvalue weighted by atomic mass is 16.5. The zero-order chi connectivity index (χ0) is 20.7. The minimum absolute atomic E-state index is 0.0182. The molecule has 0 atom stereocenters. The van der Waals surface area contributed by atoms with Crippen molar-refractivity contribution in [2.24, 2.45) is 5.92 Å². The van der Waals surface area contributed by atoms with E-state index in [1.54, 1.807) is 0 Å². The van der Waals surface area contributed by atoms with Crippen LogP contribution in [-0.4, -0.2) is 12.6 Å². The Labute approximate surface area is 177 Å². The maximum atomic E-state index is 11.7. The van der Waals surface area contributed by atoms with Crippen LogP contribution in [0.25, 0.3) is 0 Å². The molecule has 0 saturated carbocycles. The molecule has 0 rings (SSSR count). The molecule has 0 amide bonds. The first-order valence-electron chi connectivity index (χ1n) is 12.8. The molecule has 0 saturated heterocycles. The van der Waals surface area contributed by atoms with E-state index in [0.717, 1.165) is 18.8 Å². The van der Waals surface area contributed by atoms with Gasteiger partial charge in [-0.2, -0.15) is 0 Å². The zero-order valence-corrected chi connectivity index (χ0v) is 19.7. The van der Waals surface area contributed by atoms with E-state index in [0.29, 0.717) is 13.0 Å². The first-order chi connectivity index (χ1) is 13.7. The van der Waals surface area contributed by atoms with Crippen LogP contribution in [0.3, 0.4) is 0 Å². The Kier molecular flexibility index (Phi) is 22.3. The van der Waals surface area contributed by atoms with Gasteiger partial charge in [-0.05, 0) is 18.8 Å². The molecule has 0 radical (unpaired) electrons. The summed E-state index contributed by atoms with van der Waals surface area (Å²) < 4.78 is 5.37. The third-order valence-electron chi connectivity index (χ3n) is 5.67. The molecule has 2 nitrogen and oxygen atoms in total. The van der Waals surface area contributed by atoms with Gasteiger partial charge < -0.3 is 4.74 Å². The molecule has 0 fully saturated rings. The summed E-state index contributed by atoms with van der Waals surface area (Å²) in [6, 6.07) is 0. The summed E-state index contributed by atoms with van der Waals surface area (Å²) in [5.41, 5.74) is 0. The highest BCUT2D eigenvalue weighted by molar-refractivity contribution is 5.69. The number of carbonyl (C=O) groups is 1. The monoisotopic (exact) mass is 396 g/mol. The van der Waals surface area contributed by atoms with Gasteiger partial charge >= 0.3 is 5.97 Å². The third kappa shape index (κ3) is 23.5. The van der Waals surface area contributed by atoms with E-state index in [1.165, 1.54) is 109 Å². The molecular weight excluding hydrogens is 344 g/mol. The molecule has 0 heterocycles. The van der Waals surface area contributed by atoms with Crippen molar-refractivity contribution in [2.75, 3.05) is 6.61 Å². The van der Waals surface area contributed by atoms with Gasteiger partial charge in [-0.25, -0.2) is 0 Å². The predicted molar refractivity (Wildman–Crippen MR) is 124 cm³/mol. The minimum Gasteiger partial charge on any atom is -0.466 e. The smallest absolute Gasteiger partial charge is 0.305 e. The van der Waals surface area contributed by atoms with Crippen molar-refractivity contribution in [1.82, 2.24) is 0 Å². The molecule has 2 heteroatoms. The highest BCUT2D eigenvalue weighted by Crippen LogP contribution is 2.13. The normalized spacial score (nSPS) is 11.3. The summed E-state index contributed by atoms with van der Waals surface area (Å²) in [5.74, 6) is 0.870. The molecule has 0 bridgehead atoms. The van der Waals surface area contributed by atoms with E-state index in [9.17, 15) is 4.79 Å². The molecular formula is C26H52O2. The van der Waals surface area contributed by atoms with E-state index in [2.05, 4.69) is 20.8 Å². The summed E-state index contributed by atoms with van der Waals surface area (Å²) in [5, 5.41) is 0. The molecule has 28 heavy (non-hydrogen) atoms. The van der Waals surface area contributed by atoms with Gasteiger partial charge in [-0.3, -0.25) is 4.79 Å². The molecule has 0 aliphatic rings. The van der Waals surface area contributed by atoms with Crippen molar-refractivity contribution in [1.29, 1.82) is 0 Å². The van der Waals surface area contributed by atoms with Crippen LogP contribution in [0, 0.1) is 5.92 Å². The van der Waals surface area contributed by atoms with Gasteiger partial charge in [0.05, 0.1) is 6.61 Å². The van der Waals surface area contributed by atoms with Crippen LogP contribution in [0.15, 0.2) is 0 Å². The number of esters is 1. The van der Waals surface area contributed by atoms with Gasteiger partial charge in [-0.15, -0.1) is 0 Å².